The van der Waals surface area contributed by atoms with Crippen molar-refractivity contribution in [2.45, 2.75) is 24.5 Å². The van der Waals surface area contributed by atoms with Gasteiger partial charge in [-0.2, -0.15) is 0 Å². The average molecular weight is 416 g/mol. The summed E-state index contributed by atoms with van der Waals surface area (Å²) in [5.41, 5.74) is 7.41. The van der Waals surface area contributed by atoms with E-state index < -0.39 is 11.8 Å². The van der Waals surface area contributed by atoms with E-state index in [4.69, 9.17) is 16.1 Å². The van der Waals surface area contributed by atoms with E-state index in [1.807, 2.05) is 26.0 Å². The Morgan fingerprint density at radius 1 is 1.00 bits per heavy atom. The van der Waals surface area contributed by atoms with Gasteiger partial charge in [0, 0.05) is 16.2 Å². The molecular formula is C20H18ClN3O3S. The quantitative estimate of drug-likeness (QED) is 0.479. The molecular weight excluding hydrogens is 398 g/mol. The average Bonchev–Trinajstić information content (AvgIpc) is 3.02. The third-order valence-corrected chi connectivity index (χ3v) is 5.52. The Hall–Kier alpha value is -2.77. The molecule has 0 unspecified atom stereocenters. The molecule has 2 aromatic carbocycles. The molecule has 144 valence electrons. The molecule has 0 saturated carbocycles. The van der Waals surface area contributed by atoms with Crippen LogP contribution in [0.1, 0.15) is 37.7 Å². The van der Waals surface area contributed by atoms with Crippen LogP contribution in [0.15, 0.2) is 57.9 Å². The number of hydrogen-bond acceptors (Lipinski definition) is 5. The third-order valence-electron chi connectivity index (χ3n) is 4.09. The fraction of sp³-hybridized carbons (Fsp3) is 0.150. The van der Waals surface area contributed by atoms with E-state index in [1.165, 1.54) is 11.8 Å². The predicted octanol–water partition coefficient (Wildman–Crippen LogP) is 4.31. The second-order valence-electron chi connectivity index (χ2n) is 5.98. The maximum Gasteiger partial charge on any atom is 0.271 e. The molecule has 28 heavy (non-hydrogen) atoms. The number of carbonyl (C=O) groups excluding carboxylic acids is 2. The summed E-state index contributed by atoms with van der Waals surface area (Å²) in [6.45, 7) is 3.74. The molecule has 0 aliphatic carbocycles. The summed E-state index contributed by atoms with van der Waals surface area (Å²) in [6, 6.07) is 13.8. The summed E-state index contributed by atoms with van der Waals surface area (Å²) in [6.07, 6.45) is 0. The Morgan fingerprint density at radius 2 is 1.61 bits per heavy atom. The summed E-state index contributed by atoms with van der Waals surface area (Å²) in [4.78, 5) is 25.6. The van der Waals surface area contributed by atoms with E-state index >= 15 is 0 Å². The number of thioether (sulfide) groups is 1. The van der Waals surface area contributed by atoms with Gasteiger partial charge in [-0.3, -0.25) is 20.4 Å². The molecule has 8 heteroatoms. The second kappa shape index (κ2) is 8.95. The number of halogens is 1. The Bertz CT molecular complexity index is 1000. The monoisotopic (exact) mass is 415 g/mol. The lowest BCUT2D eigenvalue weighted by Gasteiger charge is -2.11. The lowest BCUT2D eigenvalue weighted by molar-refractivity contribution is 0.0845. The normalized spacial score (nSPS) is 10.5. The highest BCUT2D eigenvalue weighted by molar-refractivity contribution is 7.98. The third kappa shape index (κ3) is 4.55. The van der Waals surface area contributed by atoms with Gasteiger partial charge in [0.15, 0.2) is 0 Å². The van der Waals surface area contributed by atoms with E-state index in [-0.39, 0.29) is 5.56 Å². The SMILES string of the molecule is Cc1noc(C)c1CSc1ccccc1C(=O)NNC(=O)c1ccccc1Cl. The van der Waals surface area contributed by atoms with Crippen LogP contribution in [-0.2, 0) is 5.75 Å². The Kier molecular flexibility index (Phi) is 6.38. The lowest BCUT2D eigenvalue weighted by Crippen LogP contribution is -2.41. The van der Waals surface area contributed by atoms with Gasteiger partial charge in [-0.05, 0) is 38.1 Å². The zero-order chi connectivity index (χ0) is 20.1. The van der Waals surface area contributed by atoms with Crippen LogP contribution in [-0.4, -0.2) is 17.0 Å². The molecule has 0 atom stereocenters. The molecule has 3 aromatic rings. The van der Waals surface area contributed by atoms with Crippen LogP contribution in [0.4, 0.5) is 0 Å². The van der Waals surface area contributed by atoms with Gasteiger partial charge in [0.25, 0.3) is 11.8 Å². The molecule has 2 N–H and O–H groups in total. The van der Waals surface area contributed by atoms with Gasteiger partial charge in [0.1, 0.15) is 5.76 Å². The number of carbonyl (C=O) groups is 2. The van der Waals surface area contributed by atoms with Crippen molar-refractivity contribution in [1.29, 1.82) is 0 Å². The molecule has 0 spiro atoms. The van der Waals surface area contributed by atoms with Crippen molar-refractivity contribution in [3.05, 3.63) is 81.7 Å². The molecule has 1 heterocycles. The van der Waals surface area contributed by atoms with Gasteiger partial charge in [-0.25, -0.2) is 0 Å². The lowest BCUT2D eigenvalue weighted by atomic mass is 10.2. The van der Waals surface area contributed by atoms with E-state index in [0.29, 0.717) is 16.3 Å². The second-order valence-corrected chi connectivity index (χ2v) is 7.40. The first-order chi connectivity index (χ1) is 13.5. The highest BCUT2D eigenvalue weighted by Gasteiger charge is 2.16. The highest BCUT2D eigenvalue weighted by Crippen LogP contribution is 2.28. The molecule has 0 aliphatic rings. The minimum absolute atomic E-state index is 0.283. The van der Waals surface area contributed by atoms with Gasteiger partial charge in [0.2, 0.25) is 0 Å². The summed E-state index contributed by atoms with van der Waals surface area (Å²) >= 11 is 7.50. The fourth-order valence-corrected chi connectivity index (χ4v) is 3.96. The van der Waals surface area contributed by atoms with Gasteiger partial charge in [0.05, 0.1) is 21.8 Å². The van der Waals surface area contributed by atoms with Crippen LogP contribution in [0.2, 0.25) is 5.02 Å². The van der Waals surface area contributed by atoms with E-state index in [2.05, 4.69) is 16.0 Å². The standard InChI is InChI=1S/C20H18ClN3O3S/c1-12-16(13(2)27-24-12)11-28-18-10-6-4-8-15(18)20(26)23-22-19(25)14-7-3-5-9-17(14)21/h3-10H,11H2,1-2H3,(H,22,25)(H,23,26). The first-order valence-corrected chi connectivity index (χ1v) is 9.82. The molecule has 0 radical (unpaired) electrons. The van der Waals surface area contributed by atoms with Crippen LogP contribution in [0.3, 0.4) is 0 Å². The zero-order valence-corrected chi connectivity index (χ0v) is 16.9. The van der Waals surface area contributed by atoms with Crippen molar-refractivity contribution in [2.24, 2.45) is 0 Å². The van der Waals surface area contributed by atoms with Crippen molar-refractivity contribution in [2.75, 3.05) is 0 Å². The number of nitrogens with zero attached hydrogens (tertiary/aromatic N) is 1. The van der Waals surface area contributed by atoms with E-state index in [9.17, 15) is 9.59 Å². The van der Waals surface area contributed by atoms with Gasteiger partial charge >= 0.3 is 0 Å². The summed E-state index contributed by atoms with van der Waals surface area (Å²) in [5.74, 6) is 0.485. The van der Waals surface area contributed by atoms with Crippen LogP contribution in [0.25, 0.3) is 0 Å². The van der Waals surface area contributed by atoms with Crippen molar-refractivity contribution in [3.8, 4) is 0 Å². The van der Waals surface area contributed by atoms with Crippen molar-refractivity contribution >= 4 is 35.2 Å². The van der Waals surface area contributed by atoms with E-state index in [0.717, 1.165) is 21.9 Å². The molecule has 3 rings (SSSR count). The summed E-state index contributed by atoms with van der Waals surface area (Å²) in [7, 11) is 0. The number of nitrogens with one attached hydrogen (secondary N) is 2. The van der Waals surface area contributed by atoms with E-state index in [1.54, 1.807) is 36.4 Å². The molecule has 2 amide bonds. The minimum Gasteiger partial charge on any atom is -0.361 e. The number of amides is 2. The molecule has 0 saturated heterocycles. The highest BCUT2D eigenvalue weighted by atomic mass is 35.5. The first kappa shape index (κ1) is 20.0. The number of aryl methyl sites for hydroxylation is 2. The number of hydrazine groups is 1. The molecule has 0 bridgehead atoms. The summed E-state index contributed by atoms with van der Waals surface area (Å²) < 4.78 is 5.18. The zero-order valence-electron chi connectivity index (χ0n) is 15.3. The summed E-state index contributed by atoms with van der Waals surface area (Å²) in [5, 5.41) is 4.25. The predicted molar refractivity (Wildman–Crippen MR) is 108 cm³/mol. The molecule has 0 fully saturated rings. The fourth-order valence-electron chi connectivity index (χ4n) is 2.53. The number of aromatic nitrogens is 1. The number of hydrogen-bond donors (Lipinski definition) is 2. The van der Waals surface area contributed by atoms with Crippen molar-refractivity contribution in [1.82, 2.24) is 16.0 Å². The molecule has 1 aromatic heterocycles. The van der Waals surface area contributed by atoms with Crippen LogP contribution >= 0.6 is 23.4 Å². The largest absolute Gasteiger partial charge is 0.361 e. The molecule has 6 nitrogen and oxygen atoms in total. The first-order valence-electron chi connectivity index (χ1n) is 8.46. The van der Waals surface area contributed by atoms with Crippen LogP contribution < -0.4 is 10.9 Å². The Labute approximate surface area is 171 Å². The Morgan fingerprint density at radius 3 is 2.25 bits per heavy atom. The van der Waals surface area contributed by atoms with Crippen LogP contribution in [0, 0.1) is 13.8 Å². The van der Waals surface area contributed by atoms with Crippen LogP contribution in [0.5, 0.6) is 0 Å². The molecule has 0 aliphatic heterocycles. The number of benzene rings is 2. The minimum atomic E-state index is -0.486. The maximum atomic E-state index is 12.6. The maximum absolute atomic E-state index is 12.6. The van der Waals surface area contributed by atoms with Gasteiger partial charge in [-0.15, -0.1) is 11.8 Å². The van der Waals surface area contributed by atoms with Crippen molar-refractivity contribution in [3.63, 3.8) is 0 Å². The van der Waals surface area contributed by atoms with Gasteiger partial charge in [-0.1, -0.05) is 41.0 Å². The Balaban J connectivity index is 1.67. The topological polar surface area (TPSA) is 84.2 Å². The van der Waals surface area contributed by atoms with Gasteiger partial charge < -0.3 is 4.52 Å². The van der Waals surface area contributed by atoms with Crippen molar-refractivity contribution < 1.29 is 14.1 Å². The number of rotatable bonds is 5. The smallest absolute Gasteiger partial charge is 0.271 e.